The van der Waals surface area contributed by atoms with Crippen molar-refractivity contribution in [3.05, 3.63) is 24.5 Å². The third-order valence-corrected chi connectivity index (χ3v) is 3.24. The van der Waals surface area contributed by atoms with Gasteiger partial charge >= 0.3 is 6.36 Å². The molecular weight excluding hydrogens is 285 g/mol. The van der Waals surface area contributed by atoms with Gasteiger partial charge < -0.3 is 15.0 Å². The quantitative estimate of drug-likeness (QED) is 0.918. The van der Waals surface area contributed by atoms with E-state index in [1.54, 1.807) is 0 Å². The average Bonchev–Trinajstić information content (AvgIpc) is 2.46. The van der Waals surface area contributed by atoms with Crippen molar-refractivity contribution in [3.63, 3.8) is 0 Å². The SMILES string of the molecule is FC(F)(F)Oc1ccc2ncnc(N3CCNCC3)c2c1. The summed E-state index contributed by atoms with van der Waals surface area (Å²) in [6.45, 7) is 3.11. The first-order valence-corrected chi connectivity index (χ1v) is 6.49. The summed E-state index contributed by atoms with van der Waals surface area (Å²) in [5, 5.41) is 3.77. The zero-order chi connectivity index (χ0) is 14.9. The first kappa shape index (κ1) is 13.9. The molecule has 5 nitrogen and oxygen atoms in total. The normalized spacial score (nSPS) is 16.2. The summed E-state index contributed by atoms with van der Waals surface area (Å²) in [5.41, 5.74) is 0.591. The van der Waals surface area contributed by atoms with E-state index in [1.165, 1.54) is 24.5 Å². The van der Waals surface area contributed by atoms with Crippen molar-refractivity contribution < 1.29 is 17.9 Å². The van der Waals surface area contributed by atoms with E-state index in [-0.39, 0.29) is 5.75 Å². The molecule has 1 aliphatic rings. The Morgan fingerprint density at radius 3 is 2.62 bits per heavy atom. The van der Waals surface area contributed by atoms with Crippen LogP contribution in [0.4, 0.5) is 19.0 Å². The van der Waals surface area contributed by atoms with E-state index in [1.807, 2.05) is 4.90 Å². The Labute approximate surface area is 118 Å². The number of hydrogen-bond donors (Lipinski definition) is 1. The Bertz CT molecular complexity index is 641. The number of alkyl halides is 3. The van der Waals surface area contributed by atoms with E-state index in [4.69, 9.17) is 0 Å². The minimum absolute atomic E-state index is 0.263. The molecular formula is C13H13F3N4O. The number of nitrogens with one attached hydrogen (secondary N) is 1. The lowest BCUT2D eigenvalue weighted by molar-refractivity contribution is -0.274. The van der Waals surface area contributed by atoms with Gasteiger partial charge in [-0.1, -0.05) is 0 Å². The molecule has 2 aromatic rings. The highest BCUT2D eigenvalue weighted by Crippen LogP contribution is 2.30. The largest absolute Gasteiger partial charge is 0.573 e. The fourth-order valence-electron chi connectivity index (χ4n) is 2.35. The number of halogens is 3. The highest BCUT2D eigenvalue weighted by Gasteiger charge is 2.31. The lowest BCUT2D eigenvalue weighted by Gasteiger charge is -2.29. The number of fused-ring (bicyclic) bond motifs is 1. The first-order valence-electron chi connectivity index (χ1n) is 6.49. The number of benzene rings is 1. The fraction of sp³-hybridized carbons (Fsp3) is 0.385. The smallest absolute Gasteiger partial charge is 0.406 e. The van der Waals surface area contributed by atoms with Crippen molar-refractivity contribution in [1.82, 2.24) is 15.3 Å². The van der Waals surface area contributed by atoms with Crippen molar-refractivity contribution in [3.8, 4) is 5.75 Å². The van der Waals surface area contributed by atoms with E-state index < -0.39 is 6.36 Å². The van der Waals surface area contributed by atoms with Crippen LogP contribution in [0.3, 0.4) is 0 Å². The molecule has 0 bridgehead atoms. The molecule has 1 aliphatic heterocycles. The van der Waals surface area contributed by atoms with Gasteiger partial charge in [0.25, 0.3) is 0 Å². The molecule has 3 rings (SSSR count). The van der Waals surface area contributed by atoms with E-state index in [0.717, 1.165) is 26.2 Å². The van der Waals surface area contributed by atoms with Crippen LogP contribution in [0, 0.1) is 0 Å². The Morgan fingerprint density at radius 2 is 1.90 bits per heavy atom. The number of rotatable bonds is 2. The molecule has 1 aromatic carbocycles. The van der Waals surface area contributed by atoms with Gasteiger partial charge in [-0.25, -0.2) is 9.97 Å². The van der Waals surface area contributed by atoms with E-state index in [9.17, 15) is 13.2 Å². The fourth-order valence-corrected chi connectivity index (χ4v) is 2.35. The molecule has 1 N–H and O–H groups in total. The van der Waals surface area contributed by atoms with Gasteiger partial charge in [-0.15, -0.1) is 13.2 Å². The number of hydrogen-bond acceptors (Lipinski definition) is 5. The highest BCUT2D eigenvalue weighted by molar-refractivity contribution is 5.90. The van der Waals surface area contributed by atoms with Crippen LogP contribution in [-0.4, -0.2) is 42.5 Å². The van der Waals surface area contributed by atoms with Crippen molar-refractivity contribution in [2.45, 2.75) is 6.36 Å². The minimum atomic E-state index is -4.71. The van der Waals surface area contributed by atoms with Crippen LogP contribution < -0.4 is 15.0 Å². The van der Waals surface area contributed by atoms with Crippen LogP contribution in [-0.2, 0) is 0 Å². The second-order valence-electron chi connectivity index (χ2n) is 4.66. The summed E-state index contributed by atoms with van der Waals surface area (Å²) >= 11 is 0. The van der Waals surface area contributed by atoms with Crippen LogP contribution in [0.5, 0.6) is 5.75 Å². The summed E-state index contributed by atoms with van der Waals surface area (Å²) in [4.78, 5) is 10.3. The predicted molar refractivity (Wildman–Crippen MR) is 71.3 cm³/mol. The van der Waals surface area contributed by atoms with Gasteiger partial charge in [0.15, 0.2) is 0 Å². The molecule has 112 valence electrons. The first-order chi connectivity index (χ1) is 10.0. The molecule has 8 heteroatoms. The van der Waals surface area contributed by atoms with Crippen LogP contribution in [0.25, 0.3) is 10.9 Å². The molecule has 0 spiro atoms. The monoisotopic (exact) mass is 298 g/mol. The predicted octanol–water partition coefficient (Wildman–Crippen LogP) is 1.94. The van der Waals surface area contributed by atoms with Crippen LogP contribution >= 0.6 is 0 Å². The maximum atomic E-state index is 12.3. The van der Waals surface area contributed by atoms with Crippen LogP contribution in [0.2, 0.25) is 0 Å². The molecule has 0 aliphatic carbocycles. The van der Waals surface area contributed by atoms with Crippen LogP contribution in [0.15, 0.2) is 24.5 Å². The molecule has 2 heterocycles. The third kappa shape index (κ3) is 3.15. The van der Waals surface area contributed by atoms with Crippen LogP contribution in [0.1, 0.15) is 0 Å². The third-order valence-electron chi connectivity index (χ3n) is 3.24. The maximum Gasteiger partial charge on any atom is 0.573 e. The molecule has 0 atom stereocenters. The van der Waals surface area contributed by atoms with Crippen molar-refractivity contribution >= 4 is 16.7 Å². The summed E-state index contributed by atoms with van der Waals surface area (Å²) in [5.74, 6) is 0.371. The van der Waals surface area contributed by atoms with Gasteiger partial charge in [0.05, 0.1) is 5.52 Å². The summed E-state index contributed by atoms with van der Waals surface area (Å²) < 4.78 is 40.9. The molecule has 21 heavy (non-hydrogen) atoms. The lowest BCUT2D eigenvalue weighted by atomic mass is 10.2. The van der Waals surface area contributed by atoms with E-state index in [2.05, 4.69) is 20.0 Å². The zero-order valence-corrected chi connectivity index (χ0v) is 11.0. The van der Waals surface area contributed by atoms with Gasteiger partial charge in [0, 0.05) is 31.6 Å². The zero-order valence-electron chi connectivity index (χ0n) is 11.0. The van der Waals surface area contributed by atoms with Gasteiger partial charge in [-0.2, -0.15) is 0 Å². The van der Waals surface area contributed by atoms with Gasteiger partial charge in [0.1, 0.15) is 17.9 Å². The molecule has 0 radical (unpaired) electrons. The second-order valence-corrected chi connectivity index (χ2v) is 4.66. The van der Waals surface area contributed by atoms with E-state index in [0.29, 0.717) is 16.7 Å². The Hall–Kier alpha value is -2.09. The molecule has 0 amide bonds. The summed E-state index contributed by atoms with van der Waals surface area (Å²) in [6, 6.07) is 4.09. The van der Waals surface area contributed by atoms with Crippen molar-refractivity contribution in [2.75, 3.05) is 31.1 Å². The number of aromatic nitrogens is 2. The number of ether oxygens (including phenoxy) is 1. The number of piperazine rings is 1. The number of anilines is 1. The molecule has 0 saturated carbocycles. The molecule has 0 unspecified atom stereocenters. The standard InChI is InChI=1S/C13H13F3N4O/c14-13(15,16)21-9-1-2-11-10(7-9)12(19-8-18-11)20-5-3-17-4-6-20/h1-2,7-8,17H,3-6H2. The van der Waals surface area contributed by atoms with Gasteiger partial charge in [-0.05, 0) is 18.2 Å². The second kappa shape index (κ2) is 5.36. The molecule has 1 saturated heterocycles. The topological polar surface area (TPSA) is 50.3 Å². The molecule has 1 fully saturated rings. The van der Waals surface area contributed by atoms with E-state index >= 15 is 0 Å². The Kier molecular flexibility index (Phi) is 3.54. The lowest BCUT2D eigenvalue weighted by Crippen LogP contribution is -2.44. The summed E-state index contributed by atoms with van der Waals surface area (Å²) in [7, 11) is 0. The van der Waals surface area contributed by atoms with Crippen molar-refractivity contribution in [2.24, 2.45) is 0 Å². The molecule has 1 aromatic heterocycles. The maximum absolute atomic E-state index is 12.3. The Morgan fingerprint density at radius 1 is 1.14 bits per heavy atom. The number of nitrogens with zero attached hydrogens (tertiary/aromatic N) is 3. The summed E-state index contributed by atoms with van der Waals surface area (Å²) in [6.07, 6.45) is -3.29. The minimum Gasteiger partial charge on any atom is -0.406 e. The Balaban J connectivity index is 2.01. The van der Waals surface area contributed by atoms with Gasteiger partial charge in [0.2, 0.25) is 0 Å². The van der Waals surface area contributed by atoms with Crippen molar-refractivity contribution in [1.29, 1.82) is 0 Å². The highest BCUT2D eigenvalue weighted by atomic mass is 19.4. The van der Waals surface area contributed by atoms with Gasteiger partial charge in [-0.3, -0.25) is 0 Å². The average molecular weight is 298 g/mol.